The van der Waals surface area contributed by atoms with Crippen molar-refractivity contribution < 1.29 is 37.8 Å². The van der Waals surface area contributed by atoms with Crippen molar-refractivity contribution in [3.63, 3.8) is 0 Å². The molecule has 18 heteroatoms. The summed E-state index contributed by atoms with van der Waals surface area (Å²) in [7, 11) is 1.52. The molecule has 3 saturated heterocycles. The molecule has 1 aromatic heterocycles. The van der Waals surface area contributed by atoms with E-state index in [1.807, 2.05) is 17.0 Å². The van der Waals surface area contributed by atoms with Gasteiger partial charge >= 0.3 is 0 Å². The summed E-state index contributed by atoms with van der Waals surface area (Å²) in [6.07, 6.45) is 11.4. The zero-order valence-corrected chi connectivity index (χ0v) is 37.8. The molecule has 5 amide bonds. The van der Waals surface area contributed by atoms with Crippen LogP contribution in [0.1, 0.15) is 73.7 Å². The van der Waals surface area contributed by atoms with Gasteiger partial charge in [0.25, 0.3) is 5.91 Å². The van der Waals surface area contributed by atoms with Gasteiger partial charge in [-0.2, -0.15) is 0 Å². The minimum absolute atomic E-state index is 0.0198. The van der Waals surface area contributed by atoms with Gasteiger partial charge in [-0.15, -0.1) is 0 Å². The highest BCUT2D eigenvalue weighted by molar-refractivity contribution is 6.31. The highest BCUT2D eigenvalue weighted by Gasteiger charge is 2.40. The molecule has 66 heavy (non-hydrogen) atoms. The number of nitrogens with zero attached hydrogens (tertiary/aromatic N) is 6. The molecule has 3 N–H and O–H groups in total. The van der Waals surface area contributed by atoms with Gasteiger partial charge in [0.1, 0.15) is 35.5 Å². The van der Waals surface area contributed by atoms with Crippen molar-refractivity contribution in [1.29, 1.82) is 0 Å². The standard InChI is InChI=1S/C48H55ClFN9O7/c1-65-42-28-38-34(46(52-30-51-38)53-31-12-13-37(50)36(49)26-31)27-39(42)54-43(60)10-7-18-56-19-16-32(17-20-56)57-21-23-58(24-22-57)45(62)11-4-2-3-5-25-66-41-9-6-8-33-35(41)29-59(48(33)64)40-14-15-44(61)55-47(40)63/h6-10,12-13,26-28,30,32,40H,2-5,11,14-25,29H2,1H3,(H,54,60)(H,51,52,53)(H,55,61,63)/b10-7+. The Kier molecular flexibility index (Phi) is 15.0. The van der Waals surface area contributed by atoms with E-state index in [4.69, 9.17) is 21.1 Å². The van der Waals surface area contributed by atoms with E-state index >= 15 is 0 Å². The maximum absolute atomic E-state index is 13.7. The van der Waals surface area contributed by atoms with E-state index in [9.17, 15) is 28.4 Å². The first-order chi connectivity index (χ1) is 32.0. The van der Waals surface area contributed by atoms with E-state index < -0.39 is 17.8 Å². The normalized spacial score (nSPS) is 18.5. The molecule has 4 aliphatic heterocycles. The maximum atomic E-state index is 13.7. The fourth-order valence-electron chi connectivity index (χ4n) is 9.21. The van der Waals surface area contributed by atoms with Crippen LogP contribution in [0.4, 0.5) is 21.6 Å². The third kappa shape index (κ3) is 11.1. The second-order valence-electron chi connectivity index (χ2n) is 17.1. The SMILES string of the molecule is COc1cc2ncnc(Nc3ccc(F)c(Cl)c3)c2cc1NC(=O)/C=C/CN1CCC(N2CCN(C(=O)CCCCCCOc3cccc4c3CN(C3CCC(=O)NC3=O)C4=O)CC2)CC1. The maximum Gasteiger partial charge on any atom is 0.255 e. The molecule has 0 radical (unpaired) electrons. The molecule has 16 nitrogen and oxygen atoms in total. The average Bonchev–Trinajstić information content (AvgIpc) is 3.66. The van der Waals surface area contributed by atoms with E-state index in [2.05, 4.69) is 35.7 Å². The van der Waals surface area contributed by atoms with Gasteiger partial charge in [0, 0.05) is 86.0 Å². The Morgan fingerprint density at radius 1 is 0.939 bits per heavy atom. The molecular formula is C48H55ClFN9O7. The number of likely N-dealkylation sites (tertiary alicyclic amines) is 1. The Labute approximate surface area is 387 Å². The van der Waals surface area contributed by atoms with Crippen molar-refractivity contribution in [3.8, 4) is 11.5 Å². The molecule has 4 aliphatic rings. The number of piperazine rings is 1. The molecule has 0 saturated carbocycles. The first kappa shape index (κ1) is 46.4. The fourth-order valence-corrected chi connectivity index (χ4v) is 9.39. The number of aromatic nitrogens is 2. The van der Waals surface area contributed by atoms with Crippen molar-refractivity contribution in [2.45, 2.75) is 76.4 Å². The molecular weight excluding hydrogens is 869 g/mol. The average molecular weight is 924 g/mol. The van der Waals surface area contributed by atoms with Gasteiger partial charge in [0.2, 0.25) is 23.6 Å². The molecule has 348 valence electrons. The van der Waals surface area contributed by atoms with Crippen molar-refractivity contribution in [2.24, 2.45) is 0 Å². The lowest BCUT2D eigenvalue weighted by Crippen LogP contribution is -2.54. The number of hydrogen-bond donors (Lipinski definition) is 3. The van der Waals surface area contributed by atoms with Crippen LogP contribution in [0, 0.1) is 5.82 Å². The third-order valence-electron chi connectivity index (χ3n) is 12.9. The van der Waals surface area contributed by atoms with Crippen LogP contribution in [0.2, 0.25) is 5.02 Å². The summed E-state index contributed by atoms with van der Waals surface area (Å²) in [6.45, 7) is 6.49. The number of nitrogens with one attached hydrogen (secondary N) is 3. The number of fused-ring (bicyclic) bond motifs is 2. The molecule has 4 aromatic rings. The van der Waals surface area contributed by atoms with Crippen molar-refractivity contribution in [1.82, 2.24) is 34.9 Å². The van der Waals surface area contributed by atoms with Gasteiger partial charge in [-0.3, -0.25) is 39.1 Å². The van der Waals surface area contributed by atoms with Gasteiger partial charge in [-0.1, -0.05) is 36.6 Å². The molecule has 8 rings (SSSR count). The van der Waals surface area contributed by atoms with Crippen molar-refractivity contribution in [3.05, 3.63) is 89.0 Å². The van der Waals surface area contributed by atoms with Crippen LogP contribution in [0.15, 0.2) is 67.0 Å². The number of carbonyl (C=O) groups excluding carboxylic acids is 5. The van der Waals surface area contributed by atoms with E-state index in [0.29, 0.717) is 77.2 Å². The molecule has 0 aliphatic carbocycles. The quantitative estimate of drug-likeness (QED) is 0.0634. The number of imide groups is 1. The van der Waals surface area contributed by atoms with Crippen LogP contribution < -0.4 is 25.4 Å². The molecule has 3 fully saturated rings. The van der Waals surface area contributed by atoms with Crippen molar-refractivity contribution >= 4 is 69.2 Å². The van der Waals surface area contributed by atoms with E-state index in [1.54, 1.807) is 30.3 Å². The number of hydrogen-bond acceptors (Lipinski definition) is 12. The summed E-state index contributed by atoms with van der Waals surface area (Å²) in [6, 6.07) is 12.9. The lowest BCUT2D eigenvalue weighted by molar-refractivity contribution is -0.137. The van der Waals surface area contributed by atoms with Gasteiger partial charge < -0.3 is 29.9 Å². The molecule has 1 atom stereocenters. The minimum Gasteiger partial charge on any atom is -0.494 e. The van der Waals surface area contributed by atoms with Crippen LogP contribution in [0.5, 0.6) is 11.5 Å². The fraction of sp³-hybridized carbons (Fsp3) is 0.438. The highest BCUT2D eigenvalue weighted by atomic mass is 35.5. The van der Waals surface area contributed by atoms with Crippen LogP contribution in [-0.2, 0) is 25.7 Å². The number of halogens is 2. The molecule has 1 unspecified atom stereocenters. The topological polar surface area (TPSA) is 179 Å². The number of piperidine rings is 2. The lowest BCUT2D eigenvalue weighted by atomic mass is 10.0. The van der Waals surface area contributed by atoms with E-state index in [0.717, 1.165) is 83.4 Å². The Morgan fingerprint density at radius 3 is 2.52 bits per heavy atom. The van der Waals surface area contributed by atoms with Gasteiger partial charge in [-0.25, -0.2) is 14.4 Å². The molecule has 5 heterocycles. The Hall–Kier alpha value is -6.17. The van der Waals surface area contributed by atoms with Crippen LogP contribution in [0.25, 0.3) is 10.9 Å². The Balaban J connectivity index is 0.701. The number of benzene rings is 3. The van der Waals surface area contributed by atoms with Crippen molar-refractivity contribution in [2.75, 3.05) is 70.2 Å². The first-order valence-electron chi connectivity index (χ1n) is 22.7. The monoisotopic (exact) mass is 923 g/mol. The Bertz CT molecular complexity index is 2490. The summed E-state index contributed by atoms with van der Waals surface area (Å²) >= 11 is 5.97. The summed E-state index contributed by atoms with van der Waals surface area (Å²) in [5.41, 5.74) is 2.90. The number of unbranched alkanes of at least 4 members (excludes halogenated alkanes) is 3. The minimum atomic E-state index is -0.663. The van der Waals surface area contributed by atoms with E-state index in [-0.39, 0.29) is 41.6 Å². The predicted molar refractivity (Wildman–Crippen MR) is 247 cm³/mol. The number of rotatable bonds is 17. The first-order valence-corrected chi connectivity index (χ1v) is 23.1. The molecule has 3 aromatic carbocycles. The summed E-state index contributed by atoms with van der Waals surface area (Å²) < 4.78 is 25.4. The lowest BCUT2D eigenvalue weighted by Gasteiger charge is -2.42. The zero-order valence-electron chi connectivity index (χ0n) is 37.0. The third-order valence-corrected chi connectivity index (χ3v) is 13.1. The van der Waals surface area contributed by atoms with E-state index in [1.165, 1.54) is 36.5 Å². The smallest absolute Gasteiger partial charge is 0.255 e. The molecule has 0 spiro atoms. The van der Waals surface area contributed by atoms with Gasteiger partial charge in [0.05, 0.1) is 36.5 Å². The number of amides is 5. The number of ether oxygens (including phenoxy) is 2. The van der Waals surface area contributed by atoms with Crippen LogP contribution in [-0.4, -0.2) is 131 Å². The second-order valence-corrected chi connectivity index (χ2v) is 17.5. The highest BCUT2D eigenvalue weighted by Crippen LogP contribution is 2.35. The number of methoxy groups -OCH3 is 1. The predicted octanol–water partition coefficient (Wildman–Crippen LogP) is 6.07. The summed E-state index contributed by atoms with van der Waals surface area (Å²) in [4.78, 5) is 80.3. The molecule has 0 bridgehead atoms. The van der Waals surface area contributed by atoms with Crippen LogP contribution >= 0.6 is 11.6 Å². The Morgan fingerprint density at radius 2 is 1.74 bits per heavy atom. The van der Waals surface area contributed by atoms with Crippen LogP contribution in [0.3, 0.4) is 0 Å². The van der Waals surface area contributed by atoms with Gasteiger partial charge in [0.15, 0.2) is 0 Å². The number of carbonyl (C=O) groups is 5. The largest absolute Gasteiger partial charge is 0.494 e. The van der Waals surface area contributed by atoms with Gasteiger partial charge in [-0.05, 0) is 81.6 Å². The number of anilines is 3. The second kappa shape index (κ2) is 21.4. The summed E-state index contributed by atoms with van der Waals surface area (Å²) in [5, 5.41) is 9.01. The zero-order chi connectivity index (χ0) is 46.2. The summed E-state index contributed by atoms with van der Waals surface area (Å²) in [5.74, 6) is -0.0302.